The Balaban J connectivity index is 1.93. The number of hydrogen-bond acceptors (Lipinski definition) is 2. The van der Waals surface area contributed by atoms with E-state index in [4.69, 9.17) is 0 Å². The summed E-state index contributed by atoms with van der Waals surface area (Å²) in [7, 11) is 3.85. The second-order valence-corrected chi connectivity index (χ2v) is 6.35. The quantitative estimate of drug-likeness (QED) is 0.840. The number of nitrogens with one attached hydrogen (secondary N) is 1. The van der Waals surface area contributed by atoms with Crippen LogP contribution in [0.2, 0.25) is 0 Å². The van der Waals surface area contributed by atoms with E-state index in [1.165, 1.54) is 12.1 Å². The number of likely N-dealkylation sites (N-methyl/N-ethyl adjacent to an activating group) is 1. The molecule has 3 nitrogen and oxygen atoms in total. The van der Waals surface area contributed by atoms with Crippen molar-refractivity contribution in [3.63, 3.8) is 0 Å². The topological polar surface area (TPSA) is 32.3 Å². The van der Waals surface area contributed by atoms with E-state index in [9.17, 15) is 9.18 Å². The Morgan fingerprint density at radius 3 is 2.38 bits per heavy atom. The summed E-state index contributed by atoms with van der Waals surface area (Å²) in [6, 6.07) is 16.5. The number of rotatable bonds is 7. The van der Waals surface area contributed by atoms with Crippen LogP contribution in [-0.2, 0) is 4.79 Å². The molecule has 2 unspecified atom stereocenters. The van der Waals surface area contributed by atoms with Crippen molar-refractivity contribution in [2.45, 2.75) is 25.3 Å². The van der Waals surface area contributed by atoms with Crippen molar-refractivity contribution < 1.29 is 9.18 Å². The Bertz CT molecular complexity index is 658. The van der Waals surface area contributed by atoms with Gasteiger partial charge in [-0.3, -0.25) is 4.79 Å². The molecule has 4 heteroatoms. The van der Waals surface area contributed by atoms with Crippen molar-refractivity contribution in [1.82, 2.24) is 10.2 Å². The van der Waals surface area contributed by atoms with Crippen LogP contribution in [0, 0.1) is 5.82 Å². The van der Waals surface area contributed by atoms with E-state index in [2.05, 4.69) is 5.32 Å². The summed E-state index contributed by atoms with van der Waals surface area (Å²) in [4.78, 5) is 14.2. The first-order chi connectivity index (χ1) is 11.5. The molecule has 0 aliphatic heterocycles. The van der Waals surface area contributed by atoms with Gasteiger partial charge in [-0.1, -0.05) is 49.4 Å². The van der Waals surface area contributed by atoms with Crippen molar-refractivity contribution in [2.75, 3.05) is 20.6 Å². The Morgan fingerprint density at radius 1 is 1.08 bits per heavy atom. The summed E-state index contributed by atoms with van der Waals surface area (Å²) in [5.74, 6) is -0.0869. The maximum absolute atomic E-state index is 13.4. The standard InChI is InChI=1S/C20H25FN2O/c1-15(16-8-5-4-6-9-16)12-20(24)22-14-19(23(2)3)17-10-7-11-18(21)13-17/h4-11,13,15,19H,12,14H2,1-3H3,(H,22,24). The first kappa shape index (κ1) is 18.1. The lowest BCUT2D eigenvalue weighted by Crippen LogP contribution is -2.35. The van der Waals surface area contributed by atoms with Crippen LogP contribution in [0.1, 0.15) is 36.4 Å². The third-order valence-corrected chi connectivity index (χ3v) is 4.21. The molecule has 0 spiro atoms. The lowest BCUT2D eigenvalue weighted by Gasteiger charge is -2.25. The maximum atomic E-state index is 13.4. The van der Waals surface area contributed by atoms with Gasteiger partial charge in [0.25, 0.3) is 0 Å². The summed E-state index contributed by atoms with van der Waals surface area (Å²) in [6.45, 7) is 2.50. The van der Waals surface area contributed by atoms with E-state index in [0.717, 1.165) is 11.1 Å². The molecule has 2 rings (SSSR count). The molecule has 2 aromatic carbocycles. The molecule has 1 N–H and O–H groups in total. The van der Waals surface area contributed by atoms with Crippen molar-refractivity contribution in [3.05, 3.63) is 71.5 Å². The fraction of sp³-hybridized carbons (Fsp3) is 0.350. The molecule has 0 fully saturated rings. The van der Waals surface area contributed by atoms with Crippen LogP contribution in [0.4, 0.5) is 4.39 Å². The molecule has 0 saturated carbocycles. The molecular formula is C20H25FN2O. The third kappa shape index (κ3) is 5.17. The lowest BCUT2D eigenvalue weighted by atomic mass is 9.97. The summed E-state index contributed by atoms with van der Waals surface area (Å²) in [5, 5.41) is 2.98. The third-order valence-electron chi connectivity index (χ3n) is 4.21. The Kier molecular flexibility index (Phi) is 6.50. The van der Waals surface area contributed by atoms with E-state index in [1.54, 1.807) is 6.07 Å². The predicted octanol–water partition coefficient (Wildman–Crippen LogP) is 3.74. The highest BCUT2D eigenvalue weighted by atomic mass is 19.1. The Labute approximate surface area is 143 Å². The van der Waals surface area contributed by atoms with Gasteiger partial charge in [0, 0.05) is 13.0 Å². The molecule has 0 aliphatic rings. The summed E-state index contributed by atoms with van der Waals surface area (Å²) in [6.07, 6.45) is 0.438. The first-order valence-corrected chi connectivity index (χ1v) is 8.21. The number of nitrogens with zero attached hydrogens (tertiary/aromatic N) is 1. The van der Waals surface area contributed by atoms with Gasteiger partial charge in [0.2, 0.25) is 5.91 Å². The van der Waals surface area contributed by atoms with E-state index in [1.807, 2.05) is 62.3 Å². The van der Waals surface area contributed by atoms with Crippen molar-refractivity contribution in [1.29, 1.82) is 0 Å². The molecule has 0 radical (unpaired) electrons. The zero-order valence-corrected chi connectivity index (χ0v) is 14.5. The molecule has 0 saturated heterocycles. The predicted molar refractivity (Wildman–Crippen MR) is 95.3 cm³/mol. The van der Waals surface area contributed by atoms with Gasteiger partial charge in [-0.2, -0.15) is 0 Å². The summed E-state index contributed by atoms with van der Waals surface area (Å²) in [5.41, 5.74) is 2.01. The minimum absolute atomic E-state index is 0.00889. The average Bonchev–Trinajstić information content (AvgIpc) is 2.55. The van der Waals surface area contributed by atoms with Gasteiger partial charge >= 0.3 is 0 Å². The van der Waals surface area contributed by atoms with E-state index in [0.29, 0.717) is 13.0 Å². The average molecular weight is 328 g/mol. The van der Waals surface area contributed by atoms with Gasteiger partial charge in [0.15, 0.2) is 0 Å². The number of carbonyl (C=O) groups excluding carboxylic acids is 1. The highest BCUT2D eigenvalue weighted by Crippen LogP contribution is 2.20. The number of benzene rings is 2. The smallest absolute Gasteiger partial charge is 0.220 e. The molecule has 128 valence electrons. The van der Waals surface area contributed by atoms with Gasteiger partial charge in [-0.25, -0.2) is 4.39 Å². The van der Waals surface area contributed by atoms with Crippen LogP contribution in [0.15, 0.2) is 54.6 Å². The summed E-state index contributed by atoms with van der Waals surface area (Å²) >= 11 is 0. The first-order valence-electron chi connectivity index (χ1n) is 8.21. The molecule has 0 aromatic heterocycles. The van der Waals surface area contributed by atoms with Gasteiger partial charge in [-0.05, 0) is 43.3 Å². The SMILES string of the molecule is CC(CC(=O)NCC(c1cccc(F)c1)N(C)C)c1ccccc1. The molecule has 24 heavy (non-hydrogen) atoms. The fourth-order valence-electron chi connectivity index (χ4n) is 2.77. The van der Waals surface area contributed by atoms with Crippen LogP contribution >= 0.6 is 0 Å². The molecule has 0 bridgehead atoms. The minimum atomic E-state index is -0.261. The van der Waals surface area contributed by atoms with Crippen molar-refractivity contribution in [3.8, 4) is 0 Å². The molecule has 0 aliphatic carbocycles. The van der Waals surface area contributed by atoms with E-state index >= 15 is 0 Å². The van der Waals surface area contributed by atoms with E-state index < -0.39 is 0 Å². The van der Waals surface area contributed by atoms with E-state index in [-0.39, 0.29) is 23.7 Å². The maximum Gasteiger partial charge on any atom is 0.220 e. The zero-order valence-electron chi connectivity index (χ0n) is 14.5. The van der Waals surface area contributed by atoms with Gasteiger partial charge in [0.1, 0.15) is 5.82 Å². The Morgan fingerprint density at radius 2 is 1.75 bits per heavy atom. The monoisotopic (exact) mass is 328 g/mol. The number of amides is 1. The van der Waals surface area contributed by atoms with Crippen LogP contribution in [0.5, 0.6) is 0 Å². The van der Waals surface area contributed by atoms with Crippen molar-refractivity contribution in [2.24, 2.45) is 0 Å². The minimum Gasteiger partial charge on any atom is -0.354 e. The Hall–Kier alpha value is -2.20. The van der Waals surface area contributed by atoms with Gasteiger partial charge < -0.3 is 10.2 Å². The second-order valence-electron chi connectivity index (χ2n) is 6.35. The number of carbonyl (C=O) groups is 1. The van der Waals surface area contributed by atoms with Crippen molar-refractivity contribution >= 4 is 5.91 Å². The largest absolute Gasteiger partial charge is 0.354 e. The highest BCUT2D eigenvalue weighted by molar-refractivity contribution is 5.76. The molecule has 2 atom stereocenters. The van der Waals surface area contributed by atoms with Crippen LogP contribution in [0.3, 0.4) is 0 Å². The zero-order chi connectivity index (χ0) is 17.5. The van der Waals surface area contributed by atoms with Crippen LogP contribution < -0.4 is 5.32 Å². The van der Waals surface area contributed by atoms with Crippen LogP contribution in [-0.4, -0.2) is 31.4 Å². The highest BCUT2D eigenvalue weighted by Gasteiger charge is 2.17. The number of hydrogen-bond donors (Lipinski definition) is 1. The molecule has 0 heterocycles. The normalized spacial score (nSPS) is 13.5. The second kappa shape index (κ2) is 8.60. The number of halogens is 1. The fourth-order valence-corrected chi connectivity index (χ4v) is 2.77. The molecule has 1 amide bonds. The molecular weight excluding hydrogens is 303 g/mol. The lowest BCUT2D eigenvalue weighted by molar-refractivity contribution is -0.121. The van der Waals surface area contributed by atoms with Crippen LogP contribution in [0.25, 0.3) is 0 Å². The van der Waals surface area contributed by atoms with Gasteiger partial charge in [-0.15, -0.1) is 0 Å². The molecule has 2 aromatic rings. The van der Waals surface area contributed by atoms with Gasteiger partial charge in [0.05, 0.1) is 6.04 Å². The summed E-state index contributed by atoms with van der Waals surface area (Å²) < 4.78 is 13.4.